The van der Waals surface area contributed by atoms with E-state index in [0.29, 0.717) is 41.6 Å². The highest BCUT2D eigenvalue weighted by atomic mass is 16.5. The first-order valence-electron chi connectivity index (χ1n) is 12.5. The zero-order valence-corrected chi connectivity index (χ0v) is 20.9. The van der Waals surface area contributed by atoms with E-state index in [4.69, 9.17) is 14.2 Å². The van der Waals surface area contributed by atoms with Crippen molar-refractivity contribution >= 4 is 28.6 Å². The number of methoxy groups -OCH3 is 1. The van der Waals surface area contributed by atoms with E-state index >= 15 is 0 Å². The molecule has 190 valence electrons. The van der Waals surface area contributed by atoms with Crippen molar-refractivity contribution in [1.82, 2.24) is 15.0 Å². The van der Waals surface area contributed by atoms with E-state index in [1.165, 1.54) is 0 Å². The molecule has 1 aliphatic carbocycles. The number of hydrogen-bond acceptors (Lipinski definition) is 9. The minimum Gasteiger partial charge on any atom is -0.481 e. The fraction of sp³-hybridized carbons (Fsp3) is 0.444. The lowest BCUT2D eigenvalue weighted by Crippen LogP contribution is -2.62. The van der Waals surface area contributed by atoms with E-state index in [9.17, 15) is 10.1 Å². The minimum absolute atomic E-state index is 0.0124. The van der Waals surface area contributed by atoms with Crippen LogP contribution in [-0.4, -0.2) is 59.4 Å². The minimum atomic E-state index is -0.227. The summed E-state index contributed by atoms with van der Waals surface area (Å²) in [7, 11) is 3.63. The van der Waals surface area contributed by atoms with Gasteiger partial charge in [-0.3, -0.25) is 9.78 Å². The molecule has 10 nitrogen and oxygen atoms in total. The molecule has 3 fully saturated rings. The largest absolute Gasteiger partial charge is 0.481 e. The third-order valence-corrected chi connectivity index (χ3v) is 8.21. The molecule has 3 aliphatic heterocycles. The average Bonchev–Trinajstić information content (AvgIpc) is 2.95. The second-order valence-electron chi connectivity index (χ2n) is 10.1. The van der Waals surface area contributed by atoms with Crippen LogP contribution in [0.1, 0.15) is 43.2 Å². The molecular weight excluding hydrogens is 472 g/mol. The number of aromatic nitrogens is 3. The van der Waals surface area contributed by atoms with Crippen LogP contribution in [0.2, 0.25) is 0 Å². The molecule has 3 aromatic heterocycles. The van der Waals surface area contributed by atoms with Gasteiger partial charge in [0.05, 0.1) is 41.5 Å². The van der Waals surface area contributed by atoms with Gasteiger partial charge >= 0.3 is 0 Å². The predicted octanol–water partition coefficient (Wildman–Crippen LogP) is 3.39. The Hall–Kier alpha value is -3.97. The van der Waals surface area contributed by atoms with Crippen molar-refractivity contribution in [1.29, 1.82) is 5.26 Å². The van der Waals surface area contributed by atoms with Gasteiger partial charge in [0.2, 0.25) is 5.88 Å². The van der Waals surface area contributed by atoms with Gasteiger partial charge in [0.15, 0.2) is 18.2 Å². The van der Waals surface area contributed by atoms with Crippen LogP contribution in [0.3, 0.4) is 0 Å². The second-order valence-corrected chi connectivity index (χ2v) is 10.1. The summed E-state index contributed by atoms with van der Waals surface area (Å²) >= 11 is 0. The van der Waals surface area contributed by atoms with Crippen LogP contribution >= 0.6 is 0 Å². The van der Waals surface area contributed by atoms with Gasteiger partial charge in [-0.05, 0) is 62.3 Å². The Balaban J connectivity index is 1.19. The zero-order valence-electron chi connectivity index (χ0n) is 20.9. The summed E-state index contributed by atoms with van der Waals surface area (Å²) in [5.74, 6) is 2.14. The molecule has 0 atom stereocenters. The van der Waals surface area contributed by atoms with Crippen LogP contribution in [0, 0.1) is 11.3 Å². The monoisotopic (exact) mass is 500 g/mol. The summed E-state index contributed by atoms with van der Waals surface area (Å²) in [6.45, 7) is 0.609. The summed E-state index contributed by atoms with van der Waals surface area (Å²) in [5.41, 5.74) is 2.52. The van der Waals surface area contributed by atoms with Crippen molar-refractivity contribution in [2.24, 2.45) is 0 Å². The van der Waals surface area contributed by atoms with E-state index < -0.39 is 0 Å². The SMILES string of the molecule is COc1ccc2ncc(C#N)c(CCC34CCC(N(C)c5ccc6c(n5)NC(=O)CO6)(CC3)CO4)c2n1. The standard InChI is InChI=1S/C27H28N6O4/c1-33(21-5-4-20-25(30-21)31-22(34)15-36-20)26-9-11-27(12-10-26,37-16-26)8-7-18-17(13-28)14-29-19-3-6-23(35-2)32-24(18)19/h3-6,14H,7-12,15-16H2,1-2H3,(H,30,31,34). The highest BCUT2D eigenvalue weighted by Gasteiger charge is 2.51. The molecule has 1 amide bonds. The molecule has 3 aromatic rings. The number of hydrogen-bond donors (Lipinski definition) is 1. The van der Waals surface area contributed by atoms with Crippen LogP contribution in [0.5, 0.6) is 11.6 Å². The van der Waals surface area contributed by atoms with Crippen molar-refractivity contribution in [3.8, 4) is 17.7 Å². The van der Waals surface area contributed by atoms with Crippen LogP contribution < -0.4 is 19.7 Å². The molecule has 10 heteroatoms. The van der Waals surface area contributed by atoms with Crippen LogP contribution in [0.25, 0.3) is 11.0 Å². The summed E-state index contributed by atoms with van der Waals surface area (Å²) in [5, 5.41) is 12.5. The van der Waals surface area contributed by atoms with E-state index in [2.05, 4.69) is 31.2 Å². The molecule has 0 unspecified atom stereocenters. The van der Waals surface area contributed by atoms with E-state index in [1.807, 2.05) is 25.2 Å². The predicted molar refractivity (Wildman–Crippen MR) is 136 cm³/mol. The number of fused-ring (bicyclic) bond motifs is 5. The zero-order chi connectivity index (χ0) is 25.6. The first-order chi connectivity index (χ1) is 17.9. The van der Waals surface area contributed by atoms with Crippen LogP contribution in [-0.2, 0) is 16.0 Å². The van der Waals surface area contributed by atoms with Gasteiger partial charge in [-0.25, -0.2) is 9.97 Å². The molecule has 37 heavy (non-hydrogen) atoms. The maximum absolute atomic E-state index is 11.7. The van der Waals surface area contributed by atoms with Gasteiger partial charge in [-0.2, -0.15) is 5.26 Å². The molecule has 1 saturated carbocycles. The number of amides is 1. The summed E-state index contributed by atoms with van der Waals surface area (Å²) in [4.78, 5) is 27.6. The highest BCUT2D eigenvalue weighted by Crippen LogP contribution is 2.49. The quantitative estimate of drug-likeness (QED) is 0.542. The smallest absolute Gasteiger partial charge is 0.263 e. The Bertz CT molecular complexity index is 1410. The molecule has 0 radical (unpaired) electrons. The maximum Gasteiger partial charge on any atom is 0.263 e. The molecule has 2 bridgehead atoms. The molecule has 0 aromatic carbocycles. The van der Waals surface area contributed by atoms with Gasteiger partial charge in [0.25, 0.3) is 5.91 Å². The number of carbonyl (C=O) groups is 1. The highest BCUT2D eigenvalue weighted by molar-refractivity contribution is 5.94. The Kier molecular flexibility index (Phi) is 5.60. The lowest BCUT2D eigenvalue weighted by atomic mass is 9.68. The first kappa shape index (κ1) is 23.4. The first-order valence-corrected chi connectivity index (χ1v) is 12.5. The summed E-state index contributed by atoms with van der Waals surface area (Å²) < 4.78 is 17.4. The molecule has 6 heterocycles. The number of ether oxygens (including phenoxy) is 3. The Morgan fingerprint density at radius 1 is 1.19 bits per heavy atom. The number of aryl methyl sites for hydroxylation is 1. The van der Waals surface area contributed by atoms with E-state index in [1.54, 1.807) is 19.4 Å². The number of likely N-dealkylation sites (N-methyl/N-ethyl adjacent to an activating group) is 1. The van der Waals surface area contributed by atoms with E-state index in [-0.39, 0.29) is 23.7 Å². The molecule has 0 spiro atoms. The van der Waals surface area contributed by atoms with Gasteiger partial charge in [-0.15, -0.1) is 0 Å². The van der Waals surface area contributed by atoms with Crippen molar-refractivity contribution in [3.63, 3.8) is 0 Å². The molecule has 1 N–H and O–H groups in total. The van der Waals surface area contributed by atoms with Crippen molar-refractivity contribution in [2.75, 3.05) is 37.6 Å². The van der Waals surface area contributed by atoms with Gasteiger partial charge < -0.3 is 24.4 Å². The van der Waals surface area contributed by atoms with Crippen molar-refractivity contribution < 1.29 is 19.0 Å². The molecule has 2 saturated heterocycles. The fourth-order valence-electron chi connectivity index (χ4n) is 5.80. The van der Waals surface area contributed by atoms with Crippen LogP contribution in [0.15, 0.2) is 30.5 Å². The van der Waals surface area contributed by atoms with Crippen molar-refractivity contribution in [3.05, 3.63) is 41.6 Å². The number of pyridine rings is 3. The number of nitrogens with zero attached hydrogens (tertiary/aromatic N) is 5. The number of carbonyl (C=O) groups excluding carboxylic acids is 1. The number of rotatable bonds is 6. The Labute approximate surface area is 214 Å². The van der Waals surface area contributed by atoms with Crippen molar-refractivity contribution in [2.45, 2.75) is 49.7 Å². The molecular formula is C27H28N6O4. The van der Waals surface area contributed by atoms with Crippen LogP contribution in [0.4, 0.5) is 11.6 Å². The third kappa shape index (κ3) is 4.00. The van der Waals surface area contributed by atoms with Gasteiger partial charge in [0, 0.05) is 19.3 Å². The van der Waals surface area contributed by atoms with Gasteiger partial charge in [0.1, 0.15) is 11.9 Å². The number of anilines is 2. The number of nitrogens with one attached hydrogen (secondary N) is 1. The third-order valence-electron chi connectivity index (χ3n) is 8.21. The Morgan fingerprint density at radius 3 is 2.76 bits per heavy atom. The van der Waals surface area contributed by atoms with Gasteiger partial charge in [-0.1, -0.05) is 0 Å². The fourth-order valence-corrected chi connectivity index (χ4v) is 5.80. The normalized spacial score (nSPS) is 24.1. The Morgan fingerprint density at radius 2 is 2.03 bits per heavy atom. The molecule has 7 rings (SSSR count). The maximum atomic E-state index is 11.7. The number of nitriles is 1. The lowest BCUT2D eigenvalue weighted by Gasteiger charge is -2.57. The second kappa shape index (κ2) is 8.85. The summed E-state index contributed by atoms with van der Waals surface area (Å²) in [6.07, 6.45) is 6.90. The molecule has 4 aliphatic rings. The topological polar surface area (TPSA) is 122 Å². The lowest BCUT2D eigenvalue weighted by molar-refractivity contribution is -0.156. The average molecular weight is 501 g/mol. The summed E-state index contributed by atoms with van der Waals surface area (Å²) in [6, 6.07) is 9.73. The van der Waals surface area contributed by atoms with E-state index in [0.717, 1.165) is 49.0 Å².